The van der Waals surface area contributed by atoms with Gasteiger partial charge in [-0.05, 0) is 43.0 Å². The van der Waals surface area contributed by atoms with Crippen LogP contribution in [0.3, 0.4) is 0 Å². The maximum atomic E-state index is 11.2. The molecular weight excluding hydrogens is 192 g/mol. The van der Waals surface area contributed by atoms with Gasteiger partial charge in [-0.2, -0.15) is 0 Å². The molecule has 0 spiro atoms. The molecule has 15 heavy (non-hydrogen) atoms. The highest BCUT2D eigenvalue weighted by atomic mass is 16.5. The fourth-order valence-corrected chi connectivity index (χ4v) is 2.16. The fourth-order valence-electron chi connectivity index (χ4n) is 2.16. The molecule has 1 unspecified atom stereocenters. The minimum Gasteiger partial charge on any atom is -0.497 e. The summed E-state index contributed by atoms with van der Waals surface area (Å²) in [4.78, 5) is 11.2. The van der Waals surface area contributed by atoms with Gasteiger partial charge in [0.1, 0.15) is 5.75 Å². The highest BCUT2D eigenvalue weighted by Crippen LogP contribution is 2.40. The maximum absolute atomic E-state index is 11.2. The van der Waals surface area contributed by atoms with Crippen LogP contribution in [0.2, 0.25) is 0 Å². The van der Waals surface area contributed by atoms with E-state index in [1.54, 1.807) is 14.0 Å². The Hall–Kier alpha value is -1.51. The van der Waals surface area contributed by atoms with Crippen LogP contribution in [0, 0.1) is 0 Å². The summed E-state index contributed by atoms with van der Waals surface area (Å²) in [5.74, 6) is -0.0300. The SMILES string of the molecule is COc1ccc2c(c1)C(C)(C(=O)O)CC2. The molecule has 0 saturated carbocycles. The van der Waals surface area contributed by atoms with Gasteiger partial charge in [0, 0.05) is 0 Å². The van der Waals surface area contributed by atoms with Crippen molar-refractivity contribution in [2.45, 2.75) is 25.2 Å². The average Bonchev–Trinajstić information content (AvgIpc) is 2.57. The number of hydrogen-bond donors (Lipinski definition) is 1. The summed E-state index contributed by atoms with van der Waals surface area (Å²) in [6, 6.07) is 5.69. The largest absolute Gasteiger partial charge is 0.497 e. The highest BCUT2D eigenvalue weighted by molar-refractivity contribution is 5.82. The van der Waals surface area contributed by atoms with Crippen LogP contribution in [0.5, 0.6) is 5.75 Å². The van der Waals surface area contributed by atoms with E-state index < -0.39 is 11.4 Å². The second kappa shape index (κ2) is 3.26. The Kier molecular flexibility index (Phi) is 2.18. The summed E-state index contributed by atoms with van der Waals surface area (Å²) in [7, 11) is 1.59. The summed E-state index contributed by atoms with van der Waals surface area (Å²) in [6.07, 6.45) is 1.51. The van der Waals surface area contributed by atoms with E-state index in [1.165, 1.54) is 0 Å². The molecule has 0 fully saturated rings. The van der Waals surface area contributed by atoms with Crippen LogP contribution in [-0.4, -0.2) is 18.2 Å². The molecule has 0 amide bonds. The van der Waals surface area contributed by atoms with E-state index in [1.807, 2.05) is 18.2 Å². The lowest BCUT2D eigenvalue weighted by molar-refractivity contribution is -0.143. The number of benzene rings is 1. The fraction of sp³-hybridized carbons (Fsp3) is 0.417. The van der Waals surface area contributed by atoms with E-state index in [0.29, 0.717) is 6.42 Å². The Balaban J connectivity index is 2.53. The molecule has 0 bridgehead atoms. The minimum atomic E-state index is -0.755. The van der Waals surface area contributed by atoms with Crippen molar-refractivity contribution >= 4 is 5.97 Å². The standard InChI is InChI=1S/C12H14O3/c1-12(11(13)14)6-5-8-3-4-9(15-2)7-10(8)12/h3-4,7H,5-6H2,1-2H3,(H,13,14). The third-order valence-electron chi connectivity index (χ3n) is 3.28. The van der Waals surface area contributed by atoms with Gasteiger partial charge in [-0.15, -0.1) is 0 Å². The van der Waals surface area contributed by atoms with Gasteiger partial charge < -0.3 is 9.84 Å². The molecule has 1 aliphatic rings. The number of carboxylic acid groups (broad SMARTS) is 1. The number of fused-ring (bicyclic) bond motifs is 1. The second-order valence-corrected chi connectivity index (χ2v) is 4.16. The summed E-state index contributed by atoms with van der Waals surface area (Å²) in [5.41, 5.74) is 1.28. The first kappa shape index (κ1) is 10.0. The predicted molar refractivity (Wildman–Crippen MR) is 56.3 cm³/mol. The lowest BCUT2D eigenvalue weighted by atomic mass is 9.84. The van der Waals surface area contributed by atoms with Crippen molar-refractivity contribution in [3.8, 4) is 5.75 Å². The number of rotatable bonds is 2. The molecule has 3 nitrogen and oxygen atoms in total. The normalized spacial score (nSPS) is 23.6. The van der Waals surface area contributed by atoms with Crippen molar-refractivity contribution in [3.05, 3.63) is 29.3 Å². The molecule has 80 valence electrons. The number of carbonyl (C=O) groups is 1. The van der Waals surface area contributed by atoms with Crippen molar-refractivity contribution in [2.75, 3.05) is 7.11 Å². The molecule has 1 atom stereocenters. The average molecular weight is 206 g/mol. The van der Waals surface area contributed by atoms with E-state index in [2.05, 4.69) is 0 Å². The molecule has 0 heterocycles. The number of aliphatic carboxylic acids is 1. The molecule has 1 aromatic rings. The first-order valence-corrected chi connectivity index (χ1v) is 4.99. The number of hydrogen-bond acceptors (Lipinski definition) is 2. The lowest BCUT2D eigenvalue weighted by Gasteiger charge is -2.19. The number of ether oxygens (including phenoxy) is 1. The molecule has 1 N–H and O–H groups in total. The van der Waals surface area contributed by atoms with Gasteiger partial charge in [0.15, 0.2) is 0 Å². The molecule has 2 rings (SSSR count). The van der Waals surface area contributed by atoms with Gasteiger partial charge in [-0.1, -0.05) is 6.07 Å². The van der Waals surface area contributed by atoms with E-state index in [0.717, 1.165) is 23.3 Å². The van der Waals surface area contributed by atoms with Gasteiger partial charge in [0.05, 0.1) is 12.5 Å². The number of methoxy groups -OCH3 is 1. The third kappa shape index (κ3) is 1.39. The van der Waals surface area contributed by atoms with Crippen molar-refractivity contribution in [2.24, 2.45) is 0 Å². The first-order chi connectivity index (χ1) is 7.08. The molecule has 0 radical (unpaired) electrons. The van der Waals surface area contributed by atoms with Gasteiger partial charge >= 0.3 is 5.97 Å². The maximum Gasteiger partial charge on any atom is 0.313 e. The summed E-state index contributed by atoms with van der Waals surface area (Å²) >= 11 is 0. The van der Waals surface area contributed by atoms with Crippen molar-refractivity contribution in [1.82, 2.24) is 0 Å². The van der Waals surface area contributed by atoms with Crippen LogP contribution >= 0.6 is 0 Å². The monoisotopic (exact) mass is 206 g/mol. The Labute approximate surface area is 88.7 Å². The van der Waals surface area contributed by atoms with Gasteiger partial charge in [0.2, 0.25) is 0 Å². The number of aryl methyl sites for hydroxylation is 1. The quantitative estimate of drug-likeness (QED) is 0.804. The van der Waals surface area contributed by atoms with Gasteiger partial charge in [0.25, 0.3) is 0 Å². The molecule has 1 aliphatic carbocycles. The minimum absolute atomic E-state index is 0.671. The molecule has 0 aromatic heterocycles. The van der Waals surface area contributed by atoms with Crippen LogP contribution in [0.1, 0.15) is 24.5 Å². The van der Waals surface area contributed by atoms with Crippen LogP contribution in [-0.2, 0) is 16.6 Å². The Morgan fingerprint density at radius 1 is 1.53 bits per heavy atom. The summed E-state index contributed by atoms with van der Waals surface area (Å²) in [5, 5.41) is 9.24. The van der Waals surface area contributed by atoms with Crippen LogP contribution in [0.25, 0.3) is 0 Å². The lowest BCUT2D eigenvalue weighted by Crippen LogP contribution is -2.29. The highest BCUT2D eigenvalue weighted by Gasteiger charge is 2.41. The molecular formula is C12H14O3. The van der Waals surface area contributed by atoms with E-state index >= 15 is 0 Å². The van der Waals surface area contributed by atoms with Crippen molar-refractivity contribution in [1.29, 1.82) is 0 Å². The van der Waals surface area contributed by atoms with E-state index in [4.69, 9.17) is 4.74 Å². The van der Waals surface area contributed by atoms with Crippen LogP contribution in [0.15, 0.2) is 18.2 Å². The molecule has 1 aromatic carbocycles. The van der Waals surface area contributed by atoms with E-state index in [-0.39, 0.29) is 0 Å². The second-order valence-electron chi connectivity index (χ2n) is 4.16. The smallest absolute Gasteiger partial charge is 0.313 e. The van der Waals surface area contributed by atoms with Crippen LogP contribution < -0.4 is 4.74 Å². The Morgan fingerprint density at radius 2 is 2.27 bits per heavy atom. The first-order valence-electron chi connectivity index (χ1n) is 4.99. The van der Waals surface area contributed by atoms with E-state index in [9.17, 15) is 9.90 Å². The van der Waals surface area contributed by atoms with Gasteiger partial charge in [-0.3, -0.25) is 4.79 Å². The summed E-state index contributed by atoms with van der Waals surface area (Å²) < 4.78 is 5.12. The Bertz CT molecular complexity index is 411. The molecule has 3 heteroatoms. The van der Waals surface area contributed by atoms with Crippen molar-refractivity contribution in [3.63, 3.8) is 0 Å². The van der Waals surface area contributed by atoms with Crippen LogP contribution in [0.4, 0.5) is 0 Å². The predicted octanol–water partition coefficient (Wildman–Crippen LogP) is 1.98. The zero-order valence-corrected chi connectivity index (χ0v) is 8.91. The summed E-state index contributed by atoms with van der Waals surface area (Å²) in [6.45, 7) is 1.78. The Morgan fingerprint density at radius 3 is 2.87 bits per heavy atom. The van der Waals surface area contributed by atoms with Gasteiger partial charge in [-0.25, -0.2) is 0 Å². The molecule has 0 aliphatic heterocycles. The molecule has 0 saturated heterocycles. The zero-order chi connectivity index (χ0) is 11.1. The third-order valence-corrected chi connectivity index (χ3v) is 3.28. The number of carboxylic acids is 1. The zero-order valence-electron chi connectivity index (χ0n) is 8.91. The topological polar surface area (TPSA) is 46.5 Å². The van der Waals surface area contributed by atoms with Crippen molar-refractivity contribution < 1.29 is 14.6 Å².